The van der Waals surface area contributed by atoms with E-state index < -0.39 is 0 Å². The van der Waals surface area contributed by atoms with Crippen LogP contribution >= 0.6 is 0 Å². The molecule has 2 fully saturated rings. The van der Waals surface area contributed by atoms with Gasteiger partial charge in [0.1, 0.15) is 5.82 Å². The second kappa shape index (κ2) is 10.5. The van der Waals surface area contributed by atoms with E-state index in [-0.39, 0.29) is 30.8 Å². The van der Waals surface area contributed by atoms with Crippen LogP contribution in [0.25, 0.3) is 0 Å². The van der Waals surface area contributed by atoms with Crippen molar-refractivity contribution in [3.63, 3.8) is 0 Å². The van der Waals surface area contributed by atoms with Crippen LogP contribution in [-0.4, -0.2) is 75.2 Å². The summed E-state index contributed by atoms with van der Waals surface area (Å²) in [6.07, 6.45) is 4.59. The highest BCUT2D eigenvalue weighted by atomic mass is 16.6. The number of amides is 1. The summed E-state index contributed by atoms with van der Waals surface area (Å²) in [6.45, 7) is 4.41. The lowest BCUT2D eigenvalue weighted by molar-refractivity contribution is 0.0132. The number of aliphatic hydroxyl groups is 1. The van der Waals surface area contributed by atoms with E-state index in [0.29, 0.717) is 41.7 Å². The van der Waals surface area contributed by atoms with Gasteiger partial charge in [-0.25, -0.2) is 4.79 Å². The summed E-state index contributed by atoms with van der Waals surface area (Å²) in [5.41, 5.74) is 0.603. The number of nitrogens with one attached hydrogen (secondary N) is 2. The maximum Gasteiger partial charge on any atom is 0.410 e. The van der Waals surface area contributed by atoms with E-state index in [9.17, 15) is 9.90 Å². The molecule has 2 aliphatic rings. The number of nitrogens with zero attached hydrogens (tertiary/aromatic N) is 5. The number of aromatic amines is 1. The number of H-pyrrole nitrogens is 1. The Morgan fingerprint density at radius 1 is 1.26 bits per heavy atom. The van der Waals surface area contributed by atoms with Crippen LogP contribution in [0.4, 0.5) is 22.4 Å². The number of methoxy groups -OCH3 is 1. The molecule has 0 spiro atoms. The minimum atomic E-state index is -0.185. The van der Waals surface area contributed by atoms with Crippen LogP contribution in [0.2, 0.25) is 0 Å². The molecule has 0 aliphatic carbocycles. The molecule has 11 nitrogen and oxygen atoms in total. The number of hydrogen-bond donors (Lipinski definition) is 3. The number of aromatic nitrogens is 4. The fourth-order valence-corrected chi connectivity index (χ4v) is 4.82. The third-order valence-corrected chi connectivity index (χ3v) is 6.52. The van der Waals surface area contributed by atoms with Crippen molar-refractivity contribution in [2.45, 2.75) is 70.7 Å². The first kappa shape index (κ1) is 24.1. The van der Waals surface area contributed by atoms with Crippen molar-refractivity contribution < 1.29 is 19.4 Å². The summed E-state index contributed by atoms with van der Waals surface area (Å²) < 4.78 is 11.0. The van der Waals surface area contributed by atoms with Crippen LogP contribution in [-0.2, 0) is 11.3 Å². The van der Waals surface area contributed by atoms with E-state index in [1.807, 2.05) is 25.8 Å². The van der Waals surface area contributed by atoms with Gasteiger partial charge in [0.2, 0.25) is 11.8 Å². The molecule has 2 aromatic heterocycles. The quantitative estimate of drug-likeness (QED) is 0.530. The maximum atomic E-state index is 12.8. The number of aliphatic hydroxyl groups excluding tert-OH is 1. The van der Waals surface area contributed by atoms with Gasteiger partial charge in [0, 0.05) is 37.3 Å². The normalized spacial score (nSPS) is 21.9. The van der Waals surface area contributed by atoms with Gasteiger partial charge in [-0.1, -0.05) is 13.8 Å². The zero-order chi connectivity index (χ0) is 24.2. The number of hydrogen-bond acceptors (Lipinski definition) is 9. The van der Waals surface area contributed by atoms with Gasteiger partial charge in [0.15, 0.2) is 5.82 Å². The Morgan fingerprint density at radius 3 is 2.62 bits per heavy atom. The Balaban J connectivity index is 1.49. The predicted octanol–water partition coefficient (Wildman–Crippen LogP) is 3.06. The monoisotopic (exact) mass is 473 g/mol. The molecule has 0 aromatic carbocycles. The summed E-state index contributed by atoms with van der Waals surface area (Å²) in [7, 11) is 3.56. The van der Waals surface area contributed by atoms with Crippen molar-refractivity contribution in [3.05, 3.63) is 17.8 Å². The molecule has 3 atom stereocenters. The van der Waals surface area contributed by atoms with E-state index in [1.165, 1.54) is 0 Å². The summed E-state index contributed by atoms with van der Waals surface area (Å²) in [5.74, 6) is 2.38. The van der Waals surface area contributed by atoms with E-state index in [1.54, 1.807) is 19.2 Å². The number of ether oxygens (including phenoxy) is 2. The molecule has 4 heterocycles. The molecule has 186 valence electrons. The average Bonchev–Trinajstić information content (AvgIpc) is 3.28. The molecule has 2 saturated heterocycles. The number of fused-ring (bicyclic) bond motifs is 2. The van der Waals surface area contributed by atoms with Gasteiger partial charge in [0.05, 0.1) is 26.0 Å². The topological polar surface area (TPSA) is 129 Å². The fraction of sp³-hybridized carbons (Fsp3) is 0.652. The molecule has 2 bridgehead atoms. The molecule has 0 radical (unpaired) electrons. The molecule has 0 unspecified atom stereocenters. The molecule has 1 amide bonds. The molecule has 11 heteroatoms. The third-order valence-electron chi connectivity index (χ3n) is 6.52. The Bertz CT molecular complexity index is 968. The number of rotatable bonds is 8. The summed E-state index contributed by atoms with van der Waals surface area (Å²) in [5, 5.41) is 19.3. The molecule has 4 rings (SSSR count). The number of anilines is 3. The van der Waals surface area contributed by atoms with E-state index in [2.05, 4.69) is 30.4 Å². The highest BCUT2D eigenvalue weighted by Crippen LogP contribution is 2.37. The zero-order valence-corrected chi connectivity index (χ0v) is 20.3. The average molecular weight is 474 g/mol. The van der Waals surface area contributed by atoms with Crippen molar-refractivity contribution >= 4 is 23.7 Å². The first-order chi connectivity index (χ1) is 16.4. The fourth-order valence-electron chi connectivity index (χ4n) is 4.82. The van der Waals surface area contributed by atoms with Gasteiger partial charge in [-0.15, -0.1) is 0 Å². The van der Waals surface area contributed by atoms with Crippen LogP contribution in [0.3, 0.4) is 0 Å². The Morgan fingerprint density at radius 2 is 2.00 bits per heavy atom. The number of carbonyl (C=O) groups excluding carboxylic acids is 1. The van der Waals surface area contributed by atoms with E-state index >= 15 is 0 Å². The van der Waals surface area contributed by atoms with Gasteiger partial charge in [-0.3, -0.25) is 5.10 Å². The zero-order valence-electron chi connectivity index (χ0n) is 20.3. The summed E-state index contributed by atoms with van der Waals surface area (Å²) in [6, 6.07) is 3.92. The van der Waals surface area contributed by atoms with Crippen molar-refractivity contribution in [3.8, 4) is 5.88 Å². The van der Waals surface area contributed by atoms with Gasteiger partial charge in [0.25, 0.3) is 0 Å². The Labute approximate surface area is 199 Å². The largest absolute Gasteiger partial charge is 0.481 e. The maximum absolute atomic E-state index is 12.8. The van der Waals surface area contributed by atoms with Gasteiger partial charge in [-0.2, -0.15) is 15.1 Å². The Kier molecular flexibility index (Phi) is 7.40. The van der Waals surface area contributed by atoms with Gasteiger partial charge >= 0.3 is 6.09 Å². The minimum absolute atomic E-state index is 0.123. The first-order valence-corrected chi connectivity index (χ1v) is 11.9. The van der Waals surface area contributed by atoms with Crippen LogP contribution in [0.5, 0.6) is 5.88 Å². The van der Waals surface area contributed by atoms with Crippen LogP contribution in [0.1, 0.15) is 51.6 Å². The number of piperidine rings is 2. The highest BCUT2D eigenvalue weighted by molar-refractivity contribution is 5.69. The van der Waals surface area contributed by atoms with E-state index in [4.69, 9.17) is 9.47 Å². The third kappa shape index (κ3) is 5.35. The molecular weight excluding hydrogens is 438 g/mol. The molecule has 34 heavy (non-hydrogen) atoms. The molecule has 2 aromatic rings. The summed E-state index contributed by atoms with van der Waals surface area (Å²) >= 11 is 0. The molecule has 0 saturated carbocycles. The SMILES string of the molecule is COc1cc(Nc2cc(CO)[nH]n2)nc(N(C)[C@@H]2C[C@H]3CCC[C@@H](C2)N3C(=O)OCC(C)C)n1. The molecule has 2 aliphatic heterocycles. The van der Waals surface area contributed by atoms with Crippen molar-refractivity contribution in [1.29, 1.82) is 0 Å². The van der Waals surface area contributed by atoms with Gasteiger partial charge in [-0.05, 0) is 38.0 Å². The smallest absolute Gasteiger partial charge is 0.410 e. The van der Waals surface area contributed by atoms with Gasteiger partial charge < -0.3 is 29.7 Å². The lowest BCUT2D eigenvalue weighted by Crippen LogP contribution is -2.58. The van der Waals surface area contributed by atoms with Crippen molar-refractivity contribution in [2.24, 2.45) is 5.92 Å². The highest BCUT2D eigenvalue weighted by Gasteiger charge is 2.43. The predicted molar refractivity (Wildman–Crippen MR) is 127 cm³/mol. The van der Waals surface area contributed by atoms with Crippen LogP contribution < -0.4 is 15.0 Å². The van der Waals surface area contributed by atoms with Crippen LogP contribution in [0.15, 0.2) is 12.1 Å². The van der Waals surface area contributed by atoms with Crippen molar-refractivity contribution in [1.82, 2.24) is 25.1 Å². The number of carbonyl (C=O) groups is 1. The Hall–Kier alpha value is -3.08. The van der Waals surface area contributed by atoms with Crippen LogP contribution in [0, 0.1) is 5.92 Å². The first-order valence-electron chi connectivity index (χ1n) is 11.9. The minimum Gasteiger partial charge on any atom is -0.481 e. The molecular formula is C23H35N7O4. The lowest BCUT2D eigenvalue weighted by atomic mass is 9.81. The second-order valence-corrected chi connectivity index (χ2v) is 9.51. The van der Waals surface area contributed by atoms with Crippen molar-refractivity contribution in [2.75, 3.05) is 31.0 Å². The molecule has 3 N–H and O–H groups in total. The lowest BCUT2D eigenvalue weighted by Gasteiger charge is -2.49. The second-order valence-electron chi connectivity index (χ2n) is 9.51. The van der Waals surface area contributed by atoms with E-state index in [0.717, 1.165) is 32.1 Å². The summed E-state index contributed by atoms with van der Waals surface area (Å²) in [4.78, 5) is 26.1. The standard InChI is InChI=1S/C23H35N7O4/c1-14(2)13-34-23(32)30-16-6-5-7-17(30)10-18(9-16)29(3)22-25-19(11-21(26-22)33-4)24-20-8-15(12-31)27-28-20/h8,11,14,16-18,31H,5-7,9-10,12-13H2,1-4H3,(H2,24,25,26,27,28)/t16-,17+,18-.